The maximum absolute atomic E-state index is 13.5. The van der Waals surface area contributed by atoms with Gasteiger partial charge in [0.25, 0.3) is 11.8 Å². The molecule has 2 aliphatic heterocycles. The van der Waals surface area contributed by atoms with Crippen LogP contribution >= 0.6 is 0 Å². The SMILES string of the molecule is COc1cccc(C(=O)N[C@@H](C(=O)N2CCOCC2)C2CCN(C(=O)c3ccccc3)CC2)c1. The predicted molar refractivity (Wildman–Crippen MR) is 127 cm³/mol. The second-order valence-corrected chi connectivity index (χ2v) is 8.62. The van der Waals surface area contributed by atoms with Gasteiger partial charge in [0.05, 0.1) is 20.3 Å². The van der Waals surface area contributed by atoms with Crippen LogP contribution in [0.5, 0.6) is 5.75 Å². The maximum atomic E-state index is 13.5. The molecule has 0 saturated carbocycles. The number of morpholine rings is 1. The van der Waals surface area contributed by atoms with Gasteiger partial charge in [0.1, 0.15) is 11.8 Å². The Hall–Kier alpha value is -3.39. The molecule has 8 heteroatoms. The minimum absolute atomic E-state index is 0.00415. The summed E-state index contributed by atoms with van der Waals surface area (Å²) in [6.45, 7) is 3.09. The van der Waals surface area contributed by atoms with Gasteiger partial charge in [-0.1, -0.05) is 24.3 Å². The second-order valence-electron chi connectivity index (χ2n) is 8.62. The molecule has 8 nitrogen and oxygen atoms in total. The molecular weight excluding hydrogens is 434 g/mol. The predicted octanol–water partition coefficient (Wildman–Crippen LogP) is 2.20. The quantitative estimate of drug-likeness (QED) is 0.707. The van der Waals surface area contributed by atoms with Crippen molar-refractivity contribution in [1.82, 2.24) is 15.1 Å². The lowest BCUT2D eigenvalue weighted by atomic mass is 9.87. The highest BCUT2D eigenvalue weighted by Gasteiger charge is 2.36. The monoisotopic (exact) mass is 465 g/mol. The summed E-state index contributed by atoms with van der Waals surface area (Å²) < 4.78 is 10.6. The Labute approximate surface area is 199 Å². The lowest BCUT2D eigenvalue weighted by Gasteiger charge is -2.38. The zero-order chi connectivity index (χ0) is 23.9. The molecule has 2 aliphatic rings. The van der Waals surface area contributed by atoms with Crippen LogP contribution in [0.4, 0.5) is 0 Å². The first-order chi connectivity index (χ1) is 16.6. The molecule has 34 heavy (non-hydrogen) atoms. The third kappa shape index (κ3) is 5.56. The highest BCUT2D eigenvalue weighted by atomic mass is 16.5. The van der Waals surface area contributed by atoms with Crippen LogP contribution in [0.1, 0.15) is 33.6 Å². The van der Waals surface area contributed by atoms with E-state index in [1.165, 1.54) is 0 Å². The highest BCUT2D eigenvalue weighted by molar-refractivity contribution is 5.98. The number of nitrogens with one attached hydrogen (secondary N) is 1. The summed E-state index contributed by atoms with van der Waals surface area (Å²) in [5.41, 5.74) is 1.10. The van der Waals surface area contributed by atoms with Gasteiger partial charge in [-0.3, -0.25) is 14.4 Å². The van der Waals surface area contributed by atoms with Gasteiger partial charge in [0, 0.05) is 37.3 Å². The zero-order valence-corrected chi connectivity index (χ0v) is 19.4. The average Bonchev–Trinajstić information content (AvgIpc) is 2.92. The van der Waals surface area contributed by atoms with Crippen LogP contribution in [0, 0.1) is 5.92 Å². The van der Waals surface area contributed by atoms with Gasteiger partial charge >= 0.3 is 0 Å². The number of hydrogen-bond donors (Lipinski definition) is 1. The van der Waals surface area contributed by atoms with Crippen LogP contribution < -0.4 is 10.1 Å². The van der Waals surface area contributed by atoms with Crippen LogP contribution in [0.2, 0.25) is 0 Å². The number of amides is 3. The van der Waals surface area contributed by atoms with E-state index < -0.39 is 6.04 Å². The summed E-state index contributed by atoms with van der Waals surface area (Å²) in [6, 6.07) is 15.4. The molecule has 2 aromatic rings. The molecule has 0 aromatic heterocycles. The number of methoxy groups -OCH3 is 1. The van der Waals surface area contributed by atoms with Crippen molar-refractivity contribution < 1.29 is 23.9 Å². The molecule has 2 saturated heterocycles. The van der Waals surface area contributed by atoms with Gasteiger partial charge < -0.3 is 24.6 Å². The molecule has 1 atom stereocenters. The normalized spacial score (nSPS) is 17.7. The molecule has 4 rings (SSSR count). The minimum Gasteiger partial charge on any atom is -0.497 e. The highest BCUT2D eigenvalue weighted by Crippen LogP contribution is 2.24. The lowest BCUT2D eigenvalue weighted by molar-refractivity contribution is -0.139. The summed E-state index contributed by atoms with van der Waals surface area (Å²) >= 11 is 0. The number of carbonyl (C=O) groups is 3. The maximum Gasteiger partial charge on any atom is 0.253 e. The zero-order valence-electron chi connectivity index (χ0n) is 19.4. The van der Waals surface area contributed by atoms with Crippen molar-refractivity contribution in [1.29, 1.82) is 0 Å². The lowest BCUT2D eigenvalue weighted by Crippen LogP contribution is -2.56. The van der Waals surface area contributed by atoms with Crippen LogP contribution in [0.3, 0.4) is 0 Å². The number of nitrogens with zero attached hydrogens (tertiary/aromatic N) is 2. The van der Waals surface area contributed by atoms with E-state index in [9.17, 15) is 14.4 Å². The summed E-state index contributed by atoms with van der Waals surface area (Å²) in [5, 5.41) is 3.00. The van der Waals surface area contributed by atoms with Gasteiger partial charge in [0.15, 0.2) is 0 Å². The second kappa shape index (κ2) is 11.2. The molecule has 2 aromatic carbocycles. The van der Waals surface area contributed by atoms with Gasteiger partial charge in [-0.15, -0.1) is 0 Å². The van der Waals surface area contributed by atoms with Crippen LogP contribution in [0.25, 0.3) is 0 Å². The fourth-order valence-corrected chi connectivity index (χ4v) is 4.55. The fraction of sp³-hybridized carbons (Fsp3) is 0.423. The smallest absolute Gasteiger partial charge is 0.253 e. The molecule has 3 amide bonds. The van der Waals surface area contributed by atoms with E-state index >= 15 is 0 Å². The van der Waals surface area contributed by atoms with Crippen molar-refractivity contribution in [2.24, 2.45) is 5.92 Å². The number of benzene rings is 2. The Bertz CT molecular complexity index is 999. The molecule has 0 radical (unpaired) electrons. The first-order valence-electron chi connectivity index (χ1n) is 11.7. The summed E-state index contributed by atoms with van der Waals surface area (Å²) in [6.07, 6.45) is 1.27. The van der Waals surface area contributed by atoms with Crippen LogP contribution in [-0.2, 0) is 9.53 Å². The van der Waals surface area contributed by atoms with Gasteiger partial charge in [-0.25, -0.2) is 0 Å². The summed E-state index contributed by atoms with van der Waals surface area (Å²) in [4.78, 5) is 43.0. The van der Waals surface area contributed by atoms with Crippen molar-refractivity contribution in [3.63, 3.8) is 0 Å². The topological polar surface area (TPSA) is 88.2 Å². The van der Waals surface area contributed by atoms with E-state index in [2.05, 4.69) is 5.32 Å². The third-order valence-corrected chi connectivity index (χ3v) is 6.53. The van der Waals surface area contributed by atoms with Crippen molar-refractivity contribution >= 4 is 17.7 Å². The minimum atomic E-state index is -0.661. The first kappa shape index (κ1) is 23.8. The van der Waals surface area contributed by atoms with Gasteiger partial charge in [-0.2, -0.15) is 0 Å². The number of ether oxygens (including phenoxy) is 2. The molecular formula is C26H31N3O5. The van der Waals surface area contributed by atoms with Crippen molar-refractivity contribution in [2.75, 3.05) is 46.5 Å². The number of likely N-dealkylation sites (tertiary alicyclic amines) is 1. The van der Waals surface area contributed by atoms with E-state index in [0.29, 0.717) is 69.1 Å². The van der Waals surface area contributed by atoms with Gasteiger partial charge in [0.2, 0.25) is 5.91 Å². The largest absolute Gasteiger partial charge is 0.497 e. The Morgan fingerprint density at radius 3 is 2.26 bits per heavy atom. The van der Waals surface area contributed by atoms with Crippen molar-refractivity contribution in [3.8, 4) is 5.75 Å². The molecule has 0 aliphatic carbocycles. The Morgan fingerprint density at radius 1 is 0.912 bits per heavy atom. The Balaban J connectivity index is 1.47. The molecule has 0 unspecified atom stereocenters. The van der Waals surface area contributed by atoms with Crippen LogP contribution in [0.15, 0.2) is 54.6 Å². The number of hydrogen-bond acceptors (Lipinski definition) is 5. The average molecular weight is 466 g/mol. The Kier molecular flexibility index (Phi) is 7.80. The summed E-state index contributed by atoms with van der Waals surface area (Å²) in [5.74, 6) is 0.109. The standard InChI is InChI=1S/C26H31N3O5/c1-33-22-9-5-8-21(18-22)24(30)27-23(26(32)29-14-16-34-17-15-29)19-10-12-28(13-11-19)25(31)20-6-3-2-4-7-20/h2-9,18-19,23H,10-17H2,1H3,(H,27,30)/t23-/m1/s1. The van der Waals surface area contributed by atoms with E-state index in [1.54, 1.807) is 36.3 Å². The number of carbonyl (C=O) groups excluding carboxylic acids is 3. The van der Waals surface area contributed by atoms with Crippen molar-refractivity contribution in [3.05, 3.63) is 65.7 Å². The van der Waals surface area contributed by atoms with Gasteiger partial charge in [-0.05, 0) is 49.1 Å². The van der Waals surface area contributed by atoms with E-state index in [4.69, 9.17) is 9.47 Å². The van der Waals surface area contributed by atoms with E-state index in [1.807, 2.05) is 35.2 Å². The third-order valence-electron chi connectivity index (χ3n) is 6.53. The van der Waals surface area contributed by atoms with E-state index in [-0.39, 0.29) is 23.6 Å². The number of piperidine rings is 1. The first-order valence-corrected chi connectivity index (χ1v) is 11.7. The molecule has 0 spiro atoms. The molecule has 2 fully saturated rings. The van der Waals surface area contributed by atoms with Crippen molar-refractivity contribution in [2.45, 2.75) is 18.9 Å². The molecule has 2 heterocycles. The molecule has 0 bridgehead atoms. The molecule has 180 valence electrons. The number of rotatable bonds is 6. The fourth-order valence-electron chi connectivity index (χ4n) is 4.55. The Morgan fingerprint density at radius 2 is 1.59 bits per heavy atom. The summed E-state index contributed by atoms with van der Waals surface area (Å²) in [7, 11) is 1.55. The van der Waals surface area contributed by atoms with Crippen LogP contribution in [-0.4, -0.2) is 80.1 Å². The molecule has 1 N–H and O–H groups in total. The van der Waals surface area contributed by atoms with E-state index in [0.717, 1.165) is 0 Å².